The monoisotopic (exact) mass is 643 g/mol. The van der Waals surface area contributed by atoms with Gasteiger partial charge in [-0.05, 0) is 42.3 Å². The van der Waals surface area contributed by atoms with E-state index in [-0.39, 0.29) is 34.6 Å². The number of rotatable bonds is 12. The van der Waals surface area contributed by atoms with Gasteiger partial charge < -0.3 is 10.2 Å². The maximum Gasteiger partial charge on any atom is 0.244 e. The molecular formula is C28H29Cl4N3O4S. The quantitative estimate of drug-likeness (QED) is 0.253. The van der Waals surface area contributed by atoms with Crippen molar-refractivity contribution in [2.45, 2.75) is 32.4 Å². The lowest BCUT2D eigenvalue weighted by Gasteiger charge is -2.34. The summed E-state index contributed by atoms with van der Waals surface area (Å²) >= 11 is 25.1. The van der Waals surface area contributed by atoms with Crippen LogP contribution in [0.1, 0.15) is 24.5 Å². The second-order valence-electron chi connectivity index (χ2n) is 9.09. The van der Waals surface area contributed by atoms with Crippen molar-refractivity contribution >= 4 is 73.9 Å². The van der Waals surface area contributed by atoms with E-state index >= 15 is 0 Å². The zero-order valence-electron chi connectivity index (χ0n) is 21.9. The van der Waals surface area contributed by atoms with E-state index < -0.39 is 28.5 Å². The molecule has 12 heteroatoms. The number of sulfonamides is 1. The molecule has 0 radical (unpaired) electrons. The Morgan fingerprint density at radius 2 is 1.52 bits per heavy atom. The molecule has 0 saturated heterocycles. The van der Waals surface area contributed by atoms with Crippen LogP contribution in [0.3, 0.4) is 0 Å². The molecule has 0 bridgehead atoms. The van der Waals surface area contributed by atoms with E-state index in [2.05, 4.69) is 5.32 Å². The van der Waals surface area contributed by atoms with E-state index in [0.717, 1.165) is 16.1 Å². The molecule has 3 aromatic rings. The fourth-order valence-electron chi connectivity index (χ4n) is 4.03. The Balaban J connectivity index is 2.10. The molecule has 0 saturated carbocycles. The zero-order chi connectivity index (χ0) is 29.4. The van der Waals surface area contributed by atoms with Gasteiger partial charge in [0.05, 0.1) is 22.0 Å². The molecule has 1 atom stereocenters. The minimum absolute atomic E-state index is 0.126. The molecule has 3 rings (SSSR count). The van der Waals surface area contributed by atoms with Crippen molar-refractivity contribution in [2.75, 3.05) is 23.7 Å². The second kappa shape index (κ2) is 14.4. The lowest BCUT2D eigenvalue weighted by Crippen LogP contribution is -2.53. The molecule has 1 unspecified atom stereocenters. The van der Waals surface area contributed by atoms with E-state index in [0.29, 0.717) is 28.6 Å². The highest BCUT2D eigenvalue weighted by atomic mass is 35.5. The van der Waals surface area contributed by atoms with Gasteiger partial charge in [-0.15, -0.1) is 0 Å². The van der Waals surface area contributed by atoms with E-state index in [4.69, 9.17) is 46.4 Å². The van der Waals surface area contributed by atoms with Crippen LogP contribution in [0.2, 0.25) is 20.1 Å². The Bertz CT molecular complexity index is 1430. The van der Waals surface area contributed by atoms with E-state index in [1.165, 1.54) is 23.1 Å². The first-order valence-corrected chi connectivity index (χ1v) is 15.7. The van der Waals surface area contributed by atoms with Gasteiger partial charge in [0.15, 0.2) is 0 Å². The van der Waals surface area contributed by atoms with Crippen LogP contribution in [0.15, 0.2) is 66.7 Å². The first-order chi connectivity index (χ1) is 18.9. The molecule has 40 heavy (non-hydrogen) atoms. The van der Waals surface area contributed by atoms with Crippen LogP contribution >= 0.6 is 46.4 Å². The van der Waals surface area contributed by atoms with Crippen LogP contribution in [0.4, 0.5) is 5.69 Å². The first kappa shape index (κ1) is 32.0. The number of carbonyl (C=O) groups is 2. The van der Waals surface area contributed by atoms with E-state index in [9.17, 15) is 18.0 Å². The number of amides is 2. The third-order valence-corrected chi connectivity index (χ3v) is 8.67. The number of anilines is 1. The van der Waals surface area contributed by atoms with E-state index in [1.54, 1.807) is 18.2 Å². The van der Waals surface area contributed by atoms with Gasteiger partial charge in [0.2, 0.25) is 21.8 Å². The molecule has 0 aromatic heterocycles. The smallest absolute Gasteiger partial charge is 0.244 e. The van der Waals surface area contributed by atoms with Crippen molar-refractivity contribution in [3.63, 3.8) is 0 Å². The second-order valence-corrected chi connectivity index (χ2v) is 12.6. The van der Waals surface area contributed by atoms with Crippen molar-refractivity contribution in [1.82, 2.24) is 10.2 Å². The van der Waals surface area contributed by atoms with Gasteiger partial charge in [0.1, 0.15) is 12.6 Å². The molecule has 0 heterocycles. The number of hydrogen-bond acceptors (Lipinski definition) is 4. The summed E-state index contributed by atoms with van der Waals surface area (Å²) in [6.07, 6.45) is 1.84. The fraction of sp³-hybridized carbons (Fsp3) is 0.286. The molecule has 3 aromatic carbocycles. The molecule has 214 valence electrons. The molecule has 0 spiro atoms. The van der Waals surface area contributed by atoms with Gasteiger partial charge in [-0.2, -0.15) is 0 Å². The predicted molar refractivity (Wildman–Crippen MR) is 163 cm³/mol. The fourth-order valence-corrected chi connectivity index (χ4v) is 5.68. The van der Waals surface area contributed by atoms with Crippen LogP contribution in [-0.4, -0.2) is 50.5 Å². The number of nitrogens with one attached hydrogen (secondary N) is 1. The highest BCUT2D eigenvalue weighted by molar-refractivity contribution is 7.92. The Kier molecular flexibility index (Phi) is 11.5. The highest BCUT2D eigenvalue weighted by Crippen LogP contribution is 2.30. The van der Waals surface area contributed by atoms with Crippen molar-refractivity contribution in [3.8, 4) is 0 Å². The van der Waals surface area contributed by atoms with Crippen LogP contribution in [0.25, 0.3) is 0 Å². The van der Waals surface area contributed by atoms with Crippen LogP contribution in [-0.2, 0) is 32.6 Å². The molecule has 1 N–H and O–H groups in total. The Morgan fingerprint density at radius 1 is 0.875 bits per heavy atom. The van der Waals surface area contributed by atoms with E-state index in [1.807, 2.05) is 37.3 Å². The summed E-state index contributed by atoms with van der Waals surface area (Å²) in [5, 5.41) is 3.84. The van der Waals surface area contributed by atoms with Crippen molar-refractivity contribution in [2.24, 2.45) is 0 Å². The Labute approximate surface area is 255 Å². The summed E-state index contributed by atoms with van der Waals surface area (Å²) in [6, 6.07) is 17.4. The highest BCUT2D eigenvalue weighted by Gasteiger charge is 2.33. The third kappa shape index (κ3) is 8.51. The van der Waals surface area contributed by atoms with Crippen LogP contribution in [0, 0.1) is 0 Å². The summed E-state index contributed by atoms with van der Waals surface area (Å²) < 4.78 is 26.6. The minimum Gasteiger partial charge on any atom is -0.354 e. The summed E-state index contributed by atoms with van der Waals surface area (Å²) in [5.74, 6) is -1.03. The number of hydrogen-bond donors (Lipinski definition) is 1. The molecule has 7 nitrogen and oxygen atoms in total. The maximum absolute atomic E-state index is 14.1. The number of carbonyl (C=O) groups excluding carboxylic acids is 2. The SMILES string of the molecule is CCCNC(=O)C(Cc1ccccc1)N(Cc1c(Cl)cccc1Cl)C(=O)CN(c1ccc(Cl)c(Cl)c1)S(C)(=O)=O. The van der Waals surface area contributed by atoms with Crippen molar-refractivity contribution in [1.29, 1.82) is 0 Å². The van der Waals surface area contributed by atoms with Gasteiger partial charge in [0.25, 0.3) is 0 Å². The topological polar surface area (TPSA) is 86.8 Å². The van der Waals surface area contributed by atoms with Gasteiger partial charge in [-0.25, -0.2) is 8.42 Å². The normalized spacial score (nSPS) is 12.1. The maximum atomic E-state index is 14.1. The minimum atomic E-state index is -3.95. The lowest BCUT2D eigenvalue weighted by atomic mass is 10.0. The zero-order valence-corrected chi connectivity index (χ0v) is 25.8. The summed E-state index contributed by atoms with van der Waals surface area (Å²) in [6.45, 7) is 1.58. The number of benzene rings is 3. The molecule has 0 aliphatic rings. The first-order valence-electron chi connectivity index (χ1n) is 12.4. The lowest BCUT2D eigenvalue weighted by molar-refractivity contribution is -0.140. The largest absolute Gasteiger partial charge is 0.354 e. The van der Waals surface area contributed by atoms with Crippen molar-refractivity contribution < 1.29 is 18.0 Å². The van der Waals surface area contributed by atoms with Crippen LogP contribution < -0.4 is 9.62 Å². The third-order valence-electron chi connectivity index (χ3n) is 6.08. The standard InChI is InChI=1S/C28H29Cl4N3O4S/c1-3-14-33-28(37)26(15-19-8-5-4-6-9-19)34(17-21-22(29)10-7-11-23(21)30)27(36)18-35(40(2,38)39)20-12-13-24(31)25(32)16-20/h4-13,16,26H,3,14-15,17-18H2,1-2H3,(H,33,37). The van der Waals surface area contributed by atoms with Gasteiger partial charge >= 0.3 is 0 Å². The average Bonchev–Trinajstić information content (AvgIpc) is 2.90. The number of halogens is 4. The van der Waals surface area contributed by atoms with Crippen molar-refractivity contribution in [3.05, 3.63) is 97.9 Å². The molecule has 0 fully saturated rings. The average molecular weight is 645 g/mol. The summed E-state index contributed by atoms with van der Waals surface area (Å²) in [7, 11) is -3.95. The predicted octanol–water partition coefficient (Wildman–Crippen LogP) is 6.23. The van der Waals surface area contributed by atoms with Gasteiger partial charge in [0, 0.05) is 35.1 Å². The molecule has 0 aliphatic heterocycles. The Morgan fingerprint density at radius 3 is 2.10 bits per heavy atom. The van der Waals surface area contributed by atoms with Gasteiger partial charge in [-0.1, -0.05) is 89.7 Å². The van der Waals surface area contributed by atoms with Gasteiger partial charge in [-0.3, -0.25) is 13.9 Å². The Hall–Kier alpha value is -2.49. The summed E-state index contributed by atoms with van der Waals surface area (Å²) in [5.41, 5.74) is 1.39. The number of nitrogens with zero attached hydrogens (tertiary/aromatic N) is 2. The summed E-state index contributed by atoms with van der Waals surface area (Å²) in [4.78, 5) is 28.9. The molecule has 2 amide bonds. The molecular weight excluding hydrogens is 616 g/mol. The van der Waals surface area contributed by atoms with Crippen LogP contribution in [0.5, 0.6) is 0 Å². The molecule has 0 aliphatic carbocycles.